The average Bonchev–Trinajstić information content (AvgIpc) is 2.54. The number of hydrogen-bond acceptors (Lipinski definition) is 2. The van der Waals surface area contributed by atoms with E-state index in [0.717, 1.165) is 50.9 Å². The Balaban J connectivity index is 1.72. The van der Waals surface area contributed by atoms with Crippen LogP contribution in [0.1, 0.15) is 41.6 Å². The minimum absolute atomic E-state index is 0.137. The van der Waals surface area contributed by atoms with Gasteiger partial charge in [0.05, 0.1) is 5.56 Å². The van der Waals surface area contributed by atoms with Crippen molar-refractivity contribution >= 4 is 5.91 Å². The van der Waals surface area contributed by atoms with Crippen LogP contribution in [-0.2, 0) is 6.18 Å². The Morgan fingerprint density at radius 2 is 1.83 bits per heavy atom. The molecular weight excluding hydrogens is 305 g/mol. The van der Waals surface area contributed by atoms with E-state index in [0.29, 0.717) is 18.7 Å². The van der Waals surface area contributed by atoms with Crippen LogP contribution in [0, 0.1) is 5.41 Å². The molecule has 2 aliphatic heterocycles. The maximum atomic E-state index is 12.6. The second-order valence-electron chi connectivity index (χ2n) is 6.69. The molecule has 3 nitrogen and oxygen atoms in total. The molecule has 0 radical (unpaired) electrons. The Morgan fingerprint density at radius 3 is 2.43 bits per heavy atom. The van der Waals surface area contributed by atoms with Crippen molar-refractivity contribution in [3.05, 3.63) is 35.4 Å². The SMILES string of the molecule is O=C(c1ccc(C(F)(F)F)cc1)N1CCCC2(CCCNC2)C1. The minimum atomic E-state index is -4.37. The van der Waals surface area contributed by atoms with E-state index < -0.39 is 11.7 Å². The molecule has 6 heteroatoms. The number of amides is 1. The van der Waals surface area contributed by atoms with E-state index >= 15 is 0 Å². The van der Waals surface area contributed by atoms with Gasteiger partial charge in [0.1, 0.15) is 0 Å². The number of hydrogen-bond donors (Lipinski definition) is 1. The summed E-state index contributed by atoms with van der Waals surface area (Å²) in [5.74, 6) is -0.164. The summed E-state index contributed by atoms with van der Waals surface area (Å²) in [7, 11) is 0. The molecule has 1 amide bonds. The van der Waals surface area contributed by atoms with Crippen LogP contribution in [-0.4, -0.2) is 37.0 Å². The maximum absolute atomic E-state index is 12.6. The maximum Gasteiger partial charge on any atom is 0.416 e. The van der Waals surface area contributed by atoms with E-state index in [1.54, 1.807) is 4.90 Å². The van der Waals surface area contributed by atoms with Crippen molar-refractivity contribution in [3.8, 4) is 0 Å². The second-order valence-corrected chi connectivity index (χ2v) is 6.69. The van der Waals surface area contributed by atoms with Crippen LogP contribution in [0.15, 0.2) is 24.3 Å². The van der Waals surface area contributed by atoms with Crippen LogP contribution in [0.2, 0.25) is 0 Å². The number of nitrogens with zero attached hydrogens (tertiary/aromatic N) is 1. The molecule has 2 fully saturated rings. The first kappa shape index (κ1) is 16.3. The first-order valence-electron chi connectivity index (χ1n) is 8.07. The van der Waals surface area contributed by atoms with E-state index in [4.69, 9.17) is 0 Å². The molecule has 0 bridgehead atoms. The molecule has 0 aromatic heterocycles. The van der Waals surface area contributed by atoms with E-state index in [1.165, 1.54) is 12.1 Å². The molecule has 126 valence electrons. The van der Waals surface area contributed by atoms with Gasteiger partial charge in [-0.15, -0.1) is 0 Å². The molecule has 2 saturated heterocycles. The van der Waals surface area contributed by atoms with Gasteiger partial charge < -0.3 is 10.2 Å². The number of nitrogens with one attached hydrogen (secondary N) is 1. The molecule has 0 aliphatic carbocycles. The van der Waals surface area contributed by atoms with Gasteiger partial charge in [-0.25, -0.2) is 0 Å². The summed E-state index contributed by atoms with van der Waals surface area (Å²) in [6, 6.07) is 4.53. The van der Waals surface area contributed by atoms with E-state index in [2.05, 4.69) is 5.32 Å². The summed E-state index contributed by atoms with van der Waals surface area (Å²) in [5, 5.41) is 3.41. The van der Waals surface area contributed by atoms with E-state index in [-0.39, 0.29) is 11.3 Å². The molecule has 1 spiro atoms. The Kier molecular flexibility index (Phi) is 4.36. The molecule has 2 heterocycles. The third kappa shape index (κ3) is 3.52. The highest BCUT2D eigenvalue weighted by Crippen LogP contribution is 2.36. The van der Waals surface area contributed by atoms with Crippen molar-refractivity contribution in [3.63, 3.8) is 0 Å². The quantitative estimate of drug-likeness (QED) is 0.859. The number of carbonyl (C=O) groups excluding carboxylic acids is 1. The second kappa shape index (κ2) is 6.15. The number of alkyl halides is 3. The van der Waals surface area contributed by atoms with Crippen molar-refractivity contribution in [2.45, 2.75) is 31.9 Å². The largest absolute Gasteiger partial charge is 0.416 e. The summed E-state index contributed by atoms with van der Waals surface area (Å²) in [4.78, 5) is 14.4. The van der Waals surface area contributed by atoms with Crippen molar-refractivity contribution in [2.75, 3.05) is 26.2 Å². The van der Waals surface area contributed by atoms with Gasteiger partial charge in [0.25, 0.3) is 5.91 Å². The van der Waals surface area contributed by atoms with Crippen molar-refractivity contribution in [1.82, 2.24) is 10.2 Å². The normalized spacial score (nSPS) is 25.6. The minimum Gasteiger partial charge on any atom is -0.338 e. The highest BCUT2D eigenvalue weighted by Gasteiger charge is 2.38. The summed E-state index contributed by atoms with van der Waals surface area (Å²) in [6.07, 6.45) is -0.0888. The Labute approximate surface area is 133 Å². The molecule has 1 atom stereocenters. The zero-order valence-corrected chi connectivity index (χ0v) is 13.0. The van der Waals surface area contributed by atoms with Crippen molar-refractivity contribution in [1.29, 1.82) is 0 Å². The highest BCUT2D eigenvalue weighted by molar-refractivity contribution is 5.94. The lowest BCUT2D eigenvalue weighted by Gasteiger charge is -2.45. The van der Waals surface area contributed by atoms with Gasteiger partial charge in [-0.05, 0) is 56.5 Å². The molecule has 1 aromatic carbocycles. The van der Waals surface area contributed by atoms with Gasteiger partial charge in [-0.3, -0.25) is 4.79 Å². The van der Waals surface area contributed by atoms with Gasteiger partial charge in [0.2, 0.25) is 0 Å². The summed E-state index contributed by atoms with van der Waals surface area (Å²) >= 11 is 0. The van der Waals surface area contributed by atoms with Crippen molar-refractivity contribution in [2.24, 2.45) is 5.41 Å². The lowest BCUT2D eigenvalue weighted by Crippen LogP contribution is -2.52. The van der Waals surface area contributed by atoms with Crippen LogP contribution in [0.25, 0.3) is 0 Å². The molecule has 1 N–H and O–H groups in total. The van der Waals surface area contributed by atoms with Gasteiger partial charge in [0.15, 0.2) is 0 Å². The summed E-state index contributed by atoms with van der Waals surface area (Å²) in [5.41, 5.74) is -0.252. The topological polar surface area (TPSA) is 32.3 Å². The van der Waals surface area contributed by atoms with E-state index in [1.807, 2.05) is 0 Å². The Morgan fingerprint density at radius 1 is 1.13 bits per heavy atom. The zero-order valence-electron chi connectivity index (χ0n) is 13.0. The third-order valence-corrected chi connectivity index (χ3v) is 4.97. The molecule has 23 heavy (non-hydrogen) atoms. The molecule has 1 unspecified atom stereocenters. The zero-order chi connectivity index (χ0) is 16.5. The summed E-state index contributed by atoms with van der Waals surface area (Å²) in [6.45, 7) is 3.32. The monoisotopic (exact) mass is 326 g/mol. The van der Waals surface area contributed by atoms with Crippen molar-refractivity contribution < 1.29 is 18.0 Å². The number of likely N-dealkylation sites (tertiary alicyclic amines) is 1. The van der Waals surface area contributed by atoms with Crippen LogP contribution in [0.3, 0.4) is 0 Å². The van der Waals surface area contributed by atoms with Gasteiger partial charge in [-0.1, -0.05) is 0 Å². The number of rotatable bonds is 1. The predicted molar refractivity (Wildman–Crippen MR) is 81.1 cm³/mol. The fourth-order valence-corrected chi connectivity index (χ4v) is 3.74. The smallest absolute Gasteiger partial charge is 0.338 e. The van der Waals surface area contributed by atoms with Gasteiger partial charge >= 0.3 is 6.18 Å². The molecule has 1 aromatic rings. The summed E-state index contributed by atoms with van der Waals surface area (Å²) < 4.78 is 37.8. The highest BCUT2D eigenvalue weighted by atomic mass is 19.4. The molecule has 3 rings (SSSR count). The number of halogens is 3. The van der Waals surface area contributed by atoms with E-state index in [9.17, 15) is 18.0 Å². The van der Waals surface area contributed by atoms with Crippen LogP contribution in [0.5, 0.6) is 0 Å². The van der Waals surface area contributed by atoms with Crippen LogP contribution in [0.4, 0.5) is 13.2 Å². The number of benzene rings is 1. The lowest BCUT2D eigenvalue weighted by molar-refractivity contribution is -0.137. The van der Waals surface area contributed by atoms with Crippen LogP contribution < -0.4 is 5.32 Å². The first-order valence-corrected chi connectivity index (χ1v) is 8.07. The third-order valence-electron chi connectivity index (χ3n) is 4.97. The predicted octanol–water partition coefficient (Wildman–Crippen LogP) is 3.31. The molecule has 2 aliphatic rings. The molecule has 0 saturated carbocycles. The number of carbonyl (C=O) groups is 1. The number of piperidine rings is 2. The lowest BCUT2D eigenvalue weighted by atomic mass is 9.74. The average molecular weight is 326 g/mol. The molecular formula is C17H21F3N2O. The standard InChI is InChI=1S/C17H21F3N2O/c18-17(19,20)14-5-3-13(4-6-14)15(23)22-10-2-8-16(12-22)7-1-9-21-11-16/h3-6,21H,1-2,7-12H2. The van der Waals surface area contributed by atoms with Gasteiger partial charge in [0, 0.05) is 30.6 Å². The Hall–Kier alpha value is -1.56. The van der Waals surface area contributed by atoms with Crippen LogP contribution >= 0.6 is 0 Å². The first-order chi connectivity index (χ1) is 10.9. The fourth-order valence-electron chi connectivity index (χ4n) is 3.74. The van der Waals surface area contributed by atoms with Gasteiger partial charge in [-0.2, -0.15) is 13.2 Å². The fraction of sp³-hybridized carbons (Fsp3) is 0.588. The Bertz CT molecular complexity index is 557.